The number of anilines is 3. The van der Waals surface area contributed by atoms with Crippen molar-refractivity contribution in [1.29, 1.82) is 0 Å². The molecule has 0 N–H and O–H groups in total. The summed E-state index contributed by atoms with van der Waals surface area (Å²) in [5, 5.41) is 4.83. The Morgan fingerprint density at radius 1 is 0.375 bits per heavy atom. The molecule has 0 saturated heterocycles. The van der Waals surface area contributed by atoms with Crippen LogP contribution in [0.15, 0.2) is 180 Å². The maximum Gasteiger partial charge on any atom is 0.333 e. The van der Waals surface area contributed by atoms with Gasteiger partial charge in [-0.25, -0.2) is 0 Å². The van der Waals surface area contributed by atoms with Crippen LogP contribution in [0.2, 0.25) is 0 Å². The van der Waals surface area contributed by atoms with Crippen molar-refractivity contribution in [3.8, 4) is 55.6 Å². The largest absolute Gasteiger partial charge is 0.456 e. The summed E-state index contributed by atoms with van der Waals surface area (Å²) in [6.45, 7) is 17.8. The smallest absolute Gasteiger partial charge is 0.333 e. The van der Waals surface area contributed by atoms with E-state index in [1.54, 1.807) is 0 Å². The van der Waals surface area contributed by atoms with Gasteiger partial charge in [-0.15, -0.1) is 0 Å². The summed E-state index contributed by atoms with van der Waals surface area (Å²) in [4.78, 5) is 2.56. The number of nitrogens with zero attached hydrogens (tertiary/aromatic N) is 2. The highest BCUT2D eigenvalue weighted by Gasteiger charge is 2.45. The second-order valence-electron chi connectivity index (χ2n) is 20.8. The number of aryl methyl sites for hydroxylation is 8. The lowest BCUT2D eigenvalue weighted by molar-refractivity contribution is 0.669. The Morgan fingerprint density at radius 2 is 0.903 bits per heavy atom. The molecule has 0 spiro atoms. The Kier molecular flexibility index (Phi) is 9.21. The number of hydrogen-bond acceptors (Lipinski definition) is 2. The predicted molar refractivity (Wildman–Crippen MR) is 307 cm³/mol. The Labute approximate surface area is 421 Å². The molecule has 14 rings (SSSR count). The summed E-state index contributed by atoms with van der Waals surface area (Å²) in [6, 6.07) is 66.5. The van der Waals surface area contributed by atoms with E-state index in [-0.39, 0.29) is 6.85 Å². The van der Waals surface area contributed by atoms with Crippen LogP contribution in [0.3, 0.4) is 0 Å². The molecule has 12 aromatic rings. The second kappa shape index (κ2) is 15.6. The zero-order chi connectivity index (χ0) is 48.8. The van der Waals surface area contributed by atoms with Crippen LogP contribution in [-0.2, 0) is 0 Å². The monoisotopic (exact) mass is 924 g/mol. The molecule has 10 aromatic carbocycles. The zero-order valence-electron chi connectivity index (χ0n) is 42.1. The van der Waals surface area contributed by atoms with Gasteiger partial charge in [0.25, 0.3) is 0 Å². The summed E-state index contributed by atoms with van der Waals surface area (Å²) in [5.41, 5.74) is 33.0. The molecule has 0 radical (unpaired) electrons. The van der Waals surface area contributed by atoms with Gasteiger partial charge in [0.2, 0.25) is 0 Å². The molecular weight excluding hydrogens is 872 g/mol. The fourth-order valence-corrected chi connectivity index (χ4v) is 13.4. The van der Waals surface area contributed by atoms with Crippen molar-refractivity contribution < 1.29 is 4.42 Å². The standard InChI is InChI=1S/C68H53BN2O/c1-38-16-11-17-39(2)61(38)46-24-15-25-50(32-46)70-57-36-48(63-42(5)20-13-21-43(63)6)28-30-55(57)69-67-58(70)37-60-65(51-26-9-10-27-59(51)72-60)66(67)54-35-49(64-44(7)22-14-23-45(64)8)34-53-52-33-47(29-31-56(52)71(69)68(53)54)62-40(3)18-12-19-41(62)4/h9-37H,1-8H3. The van der Waals surface area contributed by atoms with Crippen LogP contribution >= 0.6 is 0 Å². The van der Waals surface area contributed by atoms with Crippen LogP contribution in [0.5, 0.6) is 0 Å². The van der Waals surface area contributed by atoms with Crippen molar-refractivity contribution in [3.63, 3.8) is 0 Å². The Balaban J connectivity index is 1.17. The highest BCUT2D eigenvalue weighted by Crippen LogP contribution is 2.52. The lowest BCUT2D eigenvalue weighted by Gasteiger charge is -2.41. The fraction of sp³-hybridized carbons (Fsp3) is 0.118. The summed E-state index contributed by atoms with van der Waals surface area (Å²) < 4.78 is 9.80. The molecular formula is C68H53BN2O. The molecule has 2 aliphatic rings. The van der Waals surface area contributed by atoms with Gasteiger partial charge in [-0.2, -0.15) is 0 Å². The van der Waals surface area contributed by atoms with Crippen LogP contribution in [0, 0.1) is 55.4 Å². The lowest BCUT2D eigenvalue weighted by atomic mass is 9.44. The van der Waals surface area contributed by atoms with E-state index in [4.69, 9.17) is 4.42 Å². The van der Waals surface area contributed by atoms with Crippen LogP contribution in [0.4, 0.5) is 17.1 Å². The van der Waals surface area contributed by atoms with E-state index < -0.39 is 0 Å². The molecule has 0 unspecified atom stereocenters. The van der Waals surface area contributed by atoms with E-state index in [9.17, 15) is 0 Å². The van der Waals surface area contributed by atoms with E-state index in [1.165, 1.54) is 144 Å². The lowest BCUT2D eigenvalue weighted by Crippen LogP contribution is -2.56. The first-order valence-corrected chi connectivity index (χ1v) is 25.4. The van der Waals surface area contributed by atoms with Crippen LogP contribution in [-0.4, -0.2) is 11.3 Å². The van der Waals surface area contributed by atoms with Gasteiger partial charge in [0.15, 0.2) is 0 Å². The zero-order valence-corrected chi connectivity index (χ0v) is 42.1. The van der Waals surface area contributed by atoms with Crippen molar-refractivity contribution >= 4 is 78.6 Å². The maximum atomic E-state index is 7.09. The number of rotatable bonds is 5. The molecule has 2 aromatic heterocycles. The van der Waals surface area contributed by atoms with E-state index in [2.05, 4.69) is 241 Å². The fourth-order valence-electron chi connectivity index (χ4n) is 13.4. The first-order chi connectivity index (χ1) is 35.0. The van der Waals surface area contributed by atoms with Gasteiger partial charge in [-0.3, -0.25) is 0 Å². The molecule has 3 nitrogen and oxygen atoms in total. The summed E-state index contributed by atoms with van der Waals surface area (Å²) in [7, 11) is 0. The molecule has 0 bridgehead atoms. The third-order valence-corrected chi connectivity index (χ3v) is 16.4. The summed E-state index contributed by atoms with van der Waals surface area (Å²) in [6.07, 6.45) is 0. The number of furan rings is 1. The van der Waals surface area contributed by atoms with Crippen LogP contribution in [0.1, 0.15) is 44.5 Å². The van der Waals surface area contributed by atoms with Gasteiger partial charge in [0.05, 0.1) is 0 Å². The minimum Gasteiger partial charge on any atom is -0.456 e. The van der Waals surface area contributed by atoms with E-state index in [0.717, 1.165) is 27.9 Å². The minimum absolute atomic E-state index is 0.155. The normalized spacial score (nSPS) is 12.7. The van der Waals surface area contributed by atoms with Crippen molar-refractivity contribution in [3.05, 3.63) is 220 Å². The van der Waals surface area contributed by atoms with Crippen molar-refractivity contribution in [2.24, 2.45) is 0 Å². The number of aromatic nitrogens is 1. The minimum atomic E-state index is -0.155. The molecule has 2 aliphatic heterocycles. The topological polar surface area (TPSA) is 21.3 Å². The number of para-hydroxylation sites is 1. The third kappa shape index (κ3) is 5.99. The van der Waals surface area contributed by atoms with E-state index >= 15 is 0 Å². The number of benzene rings is 10. The van der Waals surface area contributed by atoms with Crippen molar-refractivity contribution in [1.82, 2.24) is 4.48 Å². The van der Waals surface area contributed by atoms with E-state index in [0.29, 0.717) is 0 Å². The molecule has 0 aliphatic carbocycles. The number of fused-ring (bicyclic) bond motifs is 11. The quantitative estimate of drug-likeness (QED) is 0.160. The molecule has 4 heterocycles. The average molecular weight is 925 g/mol. The average Bonchev–Trinajstić information content (AvgIpc) is 3.90. The molecule has 344 valence electrons. The van der Waals surface area contributed by atoms with Gasteiger partial charge in [0, 0.05) is 61.3 Å². The van der Waals surface area contributed by atoms with Gasteiger partial charge in [-0.05, 0) is 209 Å². The second-order valence-corrected chi connectivity index (χ2v) is 20.8. The number of hydrogen-bond donors (Lipinski definition) is 0. The highest BCUT2D eigenvalue weighted by molar-refractivity contribution is 6.90. The van der Waals surface area contributed by atoms with Crippen LogP contribution in [0.25, 0.3) is 99.4 Å². The Bertz CT molecular complexity index is 4250. The Morgan fingerprint density at radius 3 is 1.53 bits per heavy atom. The molecule has 0 saturated carbocycles. The highest BCUT2D eigenvalue weighted by atomic mass is 16.3. The predicted octanol–water partition coefficient (Wildman–Crippen LogP) is 17.2. The SMILES string of the molecule is Cc1cccc(C)c1-c1cccc(N2c3cc(-c4c(C)cccc4C)ccc3B3c4c2cc2oc5ccccc5c2c4-c2cc(-c4c(C)cccc4C)cc4c5cc(-c6c(C)cccc6C)ccc5n3c24)c1. The molecule has 72 heavy (non-hydrogen) atoms. The van der Waals surface area contributed by atoms with Crippen LogP contribution < -0.4 is 15.8 Å². The van der Waals surface area contributed by atoms with Crippen molar-refractivity contribution in [2.45, 2.75) is 55.4 Å². The maximum absolute atomic E-state index is 7.09. The molecule has 0 amide bonds. The van der Waals surface area contributed by atoms with Gasteiger partial charge >= 0.3 is 6.85 Å². The van der Waals surface area contributed by atoms with Gasteiger partial charge in [0.1, 0.15) is 11.2 Å². The molecule has 0 atom stereocenters. The van der Waals surface area contributed by atoms with E-state index in [1.807, 2.05) is 0 Å². The molecule has 4 heteroatoms. The first kappa shape index (κ1) is 42.5. The third-order valence-electron chi connectivity index (χ3n) is 16.4. The van der Waals surface area contributed by atoms with Crippen molar-refractivity contribution in [2.75, 3.05) is 4.90 Å². The summed E-state index contributed by atoms with van der Waals surface area (Å²) >= 11 is 0. The van der Waals surface area contributed by atoms with Gasteiger partial charge in [-0.1, -0.05) is 121 Å². The summed E-state index contributed by atoms with van der Waals surface area (Å²) in [5.74, 6) is 0. The molecule has 0 fully saturated rings. The Hall–Kier alpha value is -8.34. The first-order valence-electron chi connectivity index (χ1n) is 25.4. The van der Waals surface area contributed by atoms with Gasteiger partial charge < -0.3 is 13.8 Å².